The molecule has 0 atom stereocenters. The average molecular weight is 343 g/mol. The van der Waals surface area contributed by atoms with E-state index in [1.54, 1.807) is 10.9 Å². The molecule has 0 bridgehead atoms. The maximum atomic E-state index is 12.4. The number of nitrogens with one attached hydrogen (secondary N) is 1. The SMILES string of the molecule is O=C(O)CC1(NC(=O)Cc2cnn(-c3ccccc3)c2)CCOCC1. The van der Waals surface area contributed by atoms with Crippen molar-refractivity contribution >= 4 is 11.9 Å². The summed E-state index contributed by atoms with van der Waals surface area (Å²) in [4.78, 5) is 23.6. The molecule has 1 fully saturated rings. The summed E-state index contributed by atoms with van der Waals surface area (Å²) in [6.07, 6.45) is 4.55. The van der Waals surface area contributed by atoms with Gasteiger partial charge in [-0.3, -0.25) is 9.59 Å². The summed E-state index contributed by atoms with van der Waals surface area (Å²) in [5.41, 5.74) is 0.969. The number of carboxylic acids is 1. The summed E-state index contributed by atoms with van der Waals surface area (Å²) < 4.78 is 7.01. The number of nitrogens with zero attached hydrogens (tertiary/aromatic N) is 2. The topological polar surface area (TPSA) is 93.5 Å². The fraction of sp³-hybridized carbons (Fsp3) is 0.389. The smallest absolute Gasteiger partial charge is 0.305 e. The van der Waals surface area contributed by atoms with E-state index >= 15 is 0 Å². The van der Waals surface area contributed by atoms with E-state index in [1.165, 1.54) is 0 Å². The van der Waals surface area contributed by atoms with Gasteiger partial charge in [0.1, 0.15) is 0 Å². The monoisotopic (exact) mass is 343 g/mol. The summed E-state index contributed by atoms with van der Waals surface area (Å²) in [6, 6.07) is 9.63. The van der Waals surface area contributed by atoms with Crippen molar-refractivity contribution in [2.45, 2.75) is 31.2 Å². The number of amides is 1. The van der Waals surface area contributed by atoms with Gasteiger partial charge < -0.3 is 15.2 Å². The van der Waals surface area contributed by atoms with Crippen molar-refractivity contribution in [1.29, 1.82) is 0 Å². The first-order chi connectivity index (χ1) is 12.1. The third-order valence-corrected chi connectivity index (χ3v) is 4.37. The average Bonchev–Trinajstić information content (AvgIpc) is 3.04. The minimum absolute atomic E-state index is 0.0919. The molecule has 1 aliphatic heterocycles. The van der Waals surface area contributed by atoms with Gasteiger partial charge in [-0.1, -0.05) is 18.2 Å². The summed E-state index contributed by atoms with van der Waals surface area (Å²) >= 11 is 0. The number of carboxylic acid groups (broad SMARTS) is 1. The van der Waals surface area contributed by atoms with Crippen LogP contribution in [0.4, 0.5) is 0 Å². The highest BCUT2D eigenvalue weighted by Gasteiger charge is 2.36. The zero-order valence-corrected chi connectivity index (χ0v) is 13.9. The highest BCUT2D eigenvalue weighted by molar-refractivity contribution is 5.80. The van der Waals surface area contributed by atoms with Crippen LogP contribution in [0.25, 0.3) is 5.69 Å². The molecular formula is C18H21N3O4. The summed E-state index contributed by atoms with van der Waals surface area (Å²) in [5, 5.41) is 16.4. The summed E-state index contributed by atoms with van der Waals surface area (Å²) in [7, 11) is 0. The van der Waals surface area contributed by atoms with Gasteiger partial charge in [-0.15, -0.1) is 0 Å². The molecule has 1 amide bonds. The maximum Gasteiger partial charge on any atom is 0.305 e. The van der Waals surface area contributed by atoms with Crippen molar-refractivity contribution in [2.24, 2.45) is 0 Å². The van der Waals surface area contributed by atoms with E-state index < -0.39 is 11.5 Å². The zero-order chi connectivity index (χ0) is 17.7. The lowest BCUT2D eigenvalue weighted by atomic mass is 9.86. The van der Waals surface area contributed by atoms with Crippen molar-refractivity contribution < 1.29 is 19.4 Å². The van der Waals surface area contributed by atoms with Gasteiger partial charge >= 0.3 is 5.97 Å². The molecule has 0 aliphatic carbocycles. The Morgan fingerprint density at radius 3 is 2.64 bits per heavy atom. The van der Waals surface area contributed by atoms with Crippen LogP contribution >= 0.6 is 0 Å². The second kappa shape index (κ2) is 7.48. The zero-order valence-electron chi connectivity index (χ0n) is 13.9. The molecule has 7 nitrogen and oxygen atoms in total. The van der Waals surface area contributed by atoms with E-state index in [-0.39, 0.29) is 18.7 Å². The molecule has 3 rings (SSSR count). The lowest BCUT2D eigenvalue weighted by Gasteiger charge is -2.36. The maximum absolute atomic E-state index is 12.4. The third kappa shape index (κ3) is 4.45. The largest absolute Gasteiger partial charge is 0.481 e. The summed E-state index contributed by atoms with van der Waals surface area (Å²) in [6.45, 7) is 0.916. The normalized spacial score (nSPS) is 16.3. The first kappa shape index (κ1) is 17.2. The molecule has 1 aromatic heterocycles. The van der Waals surface area contributed by atoms with Crippen molar-refractivity contribution in [1.82, 2.24) is 15.1 Å². The Labute approximate surface area is 145 Å². The minimum atomic E-state index is -0.918. The van der Waals surface area contributed by atoms with E-state index in [0.29, 0.717) is 26.1 Å². The molecule has 2 N–H and O–H groups in total. The number of carbonyl (C=O) groups excluding carboxylic acids is 1. The van der Waals surface area contributed by atoms with Crippen LogP contribution in [0.2, 0.25) is 0 Å². The van der Waals surface area contributed by atoms with Crippen LogP contribution in [0.15, 0.2) is 42.7 Å². The highest BCUT2D eigenvalue weighted by Crippen LogP contribution is 2.25. The number of para-hydroxylation sites is 1. The number of ether oxygens (including phenoxy) is 1. The predicted octanol–water partition coefficient (Wildman–Crippen LogP) is 1.55. The molecule has 1 aromatic carbocycles. The molecule has 2 aromatic rings. The van der Waals surface area contributed by atoms with E-state index in [4.69, 9.17) is 9.84 Å². The van der Waals surface area contributed by atoms with Gasteiger partial charge in [-0.25, -0.2) is 4.68 Å². The van der Waals surface area contributed by atoms with Gasteiger partial charge in [0.25, 0.3) is 0 Å². The fourth-order valence-corrected chi connectivity index (χ4v) is 3.10. The Hall–Kier alpha value is -2.67. The molecule has 1 saturated heterocycles. The van der Waals surface area contributed by atoms with Crippen LogP contribution in [0.5, 0.6) is 0 Å². The molecule has 2 heterocycles. The van der Waals surface area contributed by atoms with Crippen LogP contribution < -0.4 is 5.32 Å². The number of rotatable bonds is 6. The van der Waals surface area contributed by atoms with Gasteiger partial charge in [0.05, 0.1) is 30.3 Å². The van der Waals surface area contributed by atoms with Crippen LogP contribution in [0, 0.1) is 0 Å². The lowest BCUT2D eigenvalue weighted by Crippen LogP contribution is -2.53. The number of benzene rings is 1. The Kier molecular flexibility index (Phi) is 5.14. The van der Waals surface area contributed by atoms with Crippen molar-refractivity contribution in [3.05, 3.63) is 48.3 Å². The second-order valence-corrected chi connectivity index (χ2v) is 6.32. The lowest BCUT2D eigenvalue weighted by molar-refractivity contribution is -0.140. The van der Waals surface area contributed by atoms with Crippen LogP contribution in [-0.2, 0) is 20.7 Å². The van der Waals surface area contributed by atoms with E-state index in [9.17, 15) is 9.59 Å². The number of hydrogen-bond donors (Lipinski definition) is 2. The van der Waals surface area contributed by atoms with Gasteiger partial charge in [0, 0.05) is 19.4 Å². The number of aromatic nitrogens is 2. The van der Waals surface area contributed by atoms with E-state index in [2.05, 4.69) is 10.4 Å². The molecule has 0 saturated carbocycles. The van der Waals surface area contributed by atoms with Gasteiger partial charge in [0.15, 0.2) is 0 Å². The van der Waals surface area contributed by atoms with Crippen LogP contribution in [0.1, 0.15) is 24.8 Å². The number of carbonyl (C=O) groups is 2. The standard InChI is InChI=1S/C18H21N3O4/c22-16(20-18(11-17(23)24)6-8-25-9-7-18)10-14-12-19-21(13-14)15-4-2-1-3-5-15/h1-5,12-13H,6-11H2,(H,20,22)(H,23,24). The molecule has 25 heavy (non-hydrogen) atoms. The first-order valence-electron chi connectivity index (χ1n) is 8.26. The second-order valence-electron chi connectivity index (χ2n) is 6.32. The Morgan fingerprint density at radius 2 is 1.96 bits per heavy atom. The number of hydrogen-bond acceptors (Lipinski definition) is 4. The first-order valence-corrected chi connectivity index (χ1v) is 8.26. The van der Waals surface area contributed by atoms with Gasteiger partial charge in [-0.2, -0.15) is 5.10 Å². The van der Waals surface area contributed by atoms with Gasteiger partial charge in [0.2, 0.25) is 5.91 Å². The summed E-state index contributed by atoms with van der Waals surface area (Å²) in [5.74, 6) is -1.12. The number of aliphatic carboxylic acids is 1. The molecule has 1 aliphatic rings. The molecule has 7 heteroatoms. The predicted molar refractivity (Wildman–Crippen MR) is 90.4 cm³/mol. The Morgan fingerprint density at radius 1 is 1.24 bits per heavy atom. The highest BCUT2D eigenvalue weighted by atomic mass is 16.5. The van der Waals surface area contributed by atoms with Crippen LogP contribution in [-0.4, -0.2) is 45.5 Å². The minimum Gasteiger partial charge on any atom is -0.481 e. The van der Waals surface area contributed by atoms with Crippen LogP contribution in [0.3, 0.4) is 0 Å². The molecule has 0 unspecified atom stereocenters. The van der Waals surface area contributed by atoms with Crippen molar-refractivity contribution in [3.8, 4) is 5.69 Å². The Bertz CT molecular complexity index is 736. The third-order valence-electron chi connectivity index (χ3n) is 4.37. The Balaban J connectivity index is 1.65. The molecule has 132 valence electrons. The van der Waals surface area contributed by atoms with E-state index in [0.717, 1.165) is 11.3 Å². The molecule has 0 spiro atoms. The quantitative estimate of drug-likeness (QED) is 0.830. The van der Waals surface area contributed by atoms with E-state index in [1.807, 2.05) is 36.5 Å². The molecule has 0 radical (unpaired) electrons. The van der Waals surface area contributed by atoms with Crippen molar-refractivity contribution in [3.63, 3.8) is 0 Å². The van der Waals surface area contributed by atoms with Crippen molar-refractivity contribution in [2.75, 3.05) is 13.2 Å². The van der Waals surface area contributed by atoms with Gasteiger partial charge in [-0.05, 0) is 30.5 Å². The molecular weight excluding hydrogens is 322 g/mol. The fourth-order valence-electron chi connectivity index (χ4n) is 3.10.